The third-order valence-electron chi connectivity index (χ3n) is 6.38. The molecular weight excluding hydrogens is 478 g/mol. The highest BCUT2D eigenvalue weighted by atomic mass is 32.1. The van der Waals surface area contributed by atoms with Gasteiger partial charge in [0.15, 0.2) is 5.13 Å². The van der Waals surface area contributed by atoms with Crippen molar-refractivity contribution < 1.29 is 14.4 Å². The van der Waals surface area contributed by atoms with E-state index in [4.69, 9.17) is 5.73 Å². The van der Waals surface area contributed by atoms with E-state index in [1.807, 2.05) is 48.5 Å². The number of nitrogens with two attached hydrogens (primary N) is 1. The number of nitrogens with one attached hydrogen (secondary N) is 1. The summed E-state index contributed by atoms with van der Waals surface area (Å²) in [6.07, 6.45) is 1.16. The molecule has 0 aliphatic carbocycles. The smallest absolute Gasteiger partial charge is 0.332 e. The molecule has 2 aliphatic rings. The third kappa shape index (κ3) is 4.62. The van der Waals surface area contributed by atoms with Gasteiger partial charge in [-0.15, -0.1) is 6.58 Å². The first-order valence-electron chi connectivity index (χ1n) is 11.6. The van der Waals surface area contributed by atoms with Crippen molar-refractivity contribution in [2.75, 3.05) is 31.9 Å². The van der Waals surface area contributed by atoms with Gasteiger partial charge >= 0.3 is 6.03 Å². The van der Waals surface area contributed by atoms with Crippen LogP contribution in [-0.2, 0) is 22.7 Å². The highest BCUT2D eigenvalue weighted by Crippen LogP contribution is 2.29. The van der Waals surface area contributed by atoms with Crippen LogP contribution in [0.15, 0.2) is 61.2 Å². The van der Waals surface area contributed by atoms with Crippen molar-refractivity contribution in [2.24, 2.45) is 0 Å². The first-order valence-corrected chi connectivity index (χ1v) is 12.4. The second kappa shape index (κ2) is 9.96. The molecule has 10 nitrogen and oxygen atoms in total. The molecule has 3 aromatic rings. The standard InChI is InChI=1S/C25H27N7O3S/c1-2-11-31(25(35)27-12-17-7-4-3-5-8-17)32-16-22(34)30-15-21(33)29(14-20(30)32)13-18-9-6-10-19-23(18)28-24(26)36-19/h2-10,20H,1,11-16H2,(H2,26,28)(H,27,35)/t20-/m0/s1. The minimum atomic E-state index is -0.461. The van der Waals surface area contributed by atoms with E-state index in [-0.39, 0.29) is 44.0 Å². The van der Waals surface area contributed by atoms with Gasteiger partial charge in [0.1, 0.15) is 12.7 Å². The number of benzene rings is 2. The lowest BCUT2D eigenvalue weighted by Crippen LogP contribution is -2.62. The van der Waals surface area contributed by atoms with E-state index in [9.17, 15) is 14.4 Å². The van der Waals surface area contributed by atoms with Crippen LogP contribution in [0, 0.1) is 0 Å². The summed E-state index contributed by atoms with van der Waals surface area (Å²) in [5.74, 6) is -0.335. The van der Waals surface area contributed by atoms with E-state index in [1.54, 1.807) is 20.9 Å². The molecule has 2 fully saturated rings. The van der Waals surface area contributed by atoms with Crippen molar-refractivity contribution in [3.05, 3.63) is 72.3 Å². The van der Waals surface area contributed by atoms with Gasteiger partial charge in [0.05, 0.1) is 29.9 Å². The zero-order chi connectivity index (χ0) is 25.2. The fraction of sp³-hybridized carbons (Fsp3) is 0.280. The molecule has 1 aromatic heterocycles. The fourth-order valence-corrected chi connectivity index (χ4v) is 5.42. The van der Waals surface area contributed by atoms with Crippen LogP contribution in [-0.4, -0.2) is 75.0 Å². The fourth-order valence-electron chi connectivity index (χ4n) is 4.64. The van der Waals surface area contributed by atoms with E-state index < -0.39 is 6.17 Å². The number of nitrogen functional groups attached to an aromatic ring is 1. The molecule has 36 heavy (non-hydrogen) atoms. The van der Waals surface area contributed by atoms with Gasteiger partial charge < -0.3 is 20.9 Å². The number of hydrogen-bond donors (Lipinski definition) is 2. The number of nitrogens with zero attached hydrogens (tertiary/aromatic N) is 5. The zero-order valence-electron chi connectivity index (χ0n) is 19.7. The topological polar surface area (TPSA) is 115 Å². The number of amides is 4. The molecule has 0 unspecified atom stereocenters. The predicted molar refractivity (Wildman–Crippen MR) is 137 cm³/mol. The molecule has 4 amide bonds. The highest BCUT2D eigenvalue weighted by Gasteiger charge is 2.47. The van der Waals surface area contributed by atoms with Crippen LogP contribution in [0.4, 0.5) is 9.93 Å². The van der Waals surface area contributed by atoms with Crippen LogP contribution in [0.3, 0.4) is 0 Å². The normalized spacial score (nSPS) is 17.9. The van der Waals surface area contributed by atoms with E-state index in [2.05, 4.69) is 16.9 Å². The number of para-hydroxylation sites is 1. The maximum Gasteiger partial charge on any atom is 0.332 e. The Morgan fingerprint density at radius 3 is 2.75 bits per heavy atom. The number of carbonyl (C=O) groups is 3. The average Bonchev–Trinajstić information content (AvgIpc) is 3.41. The molecule has 2 aliphatic heterocycles. The molecule has 1 atom stereocenters. The number of piperazine rings is 1. The number of fused-ring (bicyclic) bond motifs is 2. The third-order valence-corrected chi connectivity index (χ3v) is 7.23. The van der Waals surface area contributed by atoms with Crippen molar-refractivity contribution in [2.45, 2.75) is 19.3 Å². The van der Waals surface area contributed by atoms with Crippen LogP contribution in [0.1, 0.15) is 11.1 Å². The van der Waals surface area contributed by atoms with Crippen molar-refractivity contribution in [1.82, 2.24) is 30.1 Å². The molecule has 2 saturated heterocycles. The van der Waals surface area contributed by atoms with Gasteiger partial charge in [-0.3, -0.25) is 14.6 Å². The van der Waals surface area contributed by atoms with Crippen LogP contribution in [0.25, 0.3) is 10.2 Å². The van der Waals surface area contributed by atoms with Crippen LogP contribution < -0.4 is 11.1 Å². The summed E-state index contributed by atoms with van der Waals surface area (Å²) in [5.41, 5.74) is 8.54. The Labute approximate surface area is 212 Å². The van der Waals surface area contributed by atoms with E-state index in [1.165, 1.54) is 16.3 Å². The maximum absolute atomic E-state index is 13.2. The Morgan fingerprint density at radius 2 is 1.97 bits per heavy atom. The maximum atomic E-state index is 13.2. The Hall–Kier alpha value is -3.96. The molecule has 0 bridgehead atoms. The average molecular weight is 506 g/mol. The number of thiazole rings is 1. The molecule has 0 saturated carbocycles. The summed E-state index contributed by atoms with van der Waals surface area (Å²) in [4.78, 5) is 46.7. The minimum absolute atomic E-state index is 0.0105. The molecule has 186 valence electrons. The number of aromatic nitrogens is 1. The summed E-state index contributed by atoms with van der Waals surface area (Å²) in [6.45, 7) is 4.94. The number of urea groups is 1. The van der Waals surface area contributed by atoms with Gasteiger partial charge in [0, 0.05) is 13.1 Å². The summed E-state index contributed by atoms with van der Waals surface area (Å²) in [6, 6.07) is 15.1. The first-order chi connectivity index (χ1) is 17.4. The molecule has 3 heterocycles. The lowest BCUT2D eigenvalue weighted by molar-refractivity contribution is -0.149. The molecule has 0 spiro atoms. The molecule has 11 heteroatoms. The Morgan fingerprint density at radius 1 is 1.17 bits per heavy atom. The van der Waals surface area contributed by atoms with Gasteiger partial charge in [-0.2, -0.15) is 5.01 Å². The van der Waals surface area contributed by atoms with Gasteiger partial charge in [-0.05, 0) is 17.2 Å². The molecule has 5 rings (SSSR count). The van der Waals surface area contributed by atoms with E-state index in [0.29, 0.717) is 18.2 Å². The van der Waals surface area contributed by atoms with Crippen molar-refractivity contribution >= 4 is 44.5 Å². The van der Waals surface area contributed by atoms with E-state index in [0.717, 1.165) is 21.3 Å². The summed E-state index contributed by atoms with van der Waals surface area (Å²) >= 11 is 1.40. The van der Waals surface area contributed by atoms with Crippen LogP contribution >= 0.6 is 11.3 Å². The molecule has 0 radical (unpaired) electrons. The SMILES string of the molecule is C=CCN(C(=O)NCc1ccccc1)N1CC(=O)N2CC(=O)N(Cc3cccc4sc(N)nc34)C[C@@H]21. The quantitative estimate of drug-likeness (QED) is 0.475. The van der Waals surface area contributed by atoms with Crippen molar-refractivity contribution in [3.63, 3.8) is 0 Å². The van der Waals surface area contributed by atoms with Gasteiger partial charge in [0.2, 0.25) is 11.8 Å². The van der Waals surface area contributed by atoms with Gasteiger partial charge in [-0.1, -0.05) is 59.9 Å². The molecule has 3 N–H and O–H groups in total. The highest BCUT2D eigenvalue weighted by molar-refractivity contribution is 7.22. The van der Waals surface area contributed by atoms with Crippen LogP contribution in [0.5, 0.6) is 0 Å². The van der Waals surface area contributed by atoms with Gasteiger partial charge in [-0.25, -0.2) is 9.78 Å². The summed E-state index contributed by atoms with van der Waals surface area (Å²) in [7, 11) is 0. The zero-order valence-corrected chi connectivity index (χ0v) is 20.5. The predicted octanol–water partition coefficient (Wildman–Crippen LogP) is 2.00. The molecular formula is C25H27N7O3S. The lowest BCUT2D eigenvalue weighted by Gasteiger charge is -2.42. The van der Waals surface area contributed by atoms with E-state index >= 15 is 0 Å². The number of anilines is 1. The lowest BCUT2D eigenvalue weighted by atomic mass is 10.1. The number of hydrazine groups is 1. The summed E-state index contributed by atoms with van der Waals surface area (Å²) in [5, 5.41) is 6.62. The number of carbonyl (C=O) groups excluding carboxylic acids is 3. The van der Waals surface area contributed by atoms with Crippen molar-refractivity contribution in [1.29, 1.82) is 0 Å². The number of hydrogen-bond acceptors (Lipinski definition) is 7. The second-order valence-corrected chi connectivity index (χ2v) is 9.77. The van der Waals surface area contributed by atoms with Crippen molar-refractivity contribution in [3.8, 4) is 0 Å². The van der Waals surface area contributed by atoms with Gasteiger partial charge in [0.25, 0.3) is 0 Å². The Bertz CT molecular complexity index is 1310. The first kappa shape index (κ1) is 23.8. The monoisotopic (exact) mass is 505 g/mol. The number of rotatable bonds is 7. The Kier molecular flexibility index (Phi) is 6.57. The molecule has 2 aromatic carbocycles. The second-order valence-electron chi connectivity index (χ2n) is 8.71. The van der Waals surface area contributed by atoms with Crippen LogP contribution in [0.2, 0.25) is 0 Å². The largest absolute Gasteiger partial charge is 0.375 e. The Balaban J connectivity index is 1.34. The summed E-state index contributed by atoms with van der Waals surface area (Å²) < 4.78 is 0.959. The minimum Gasteiger partial charge on any atom is -0.375 e.